The molecule has 0 N–H and O–H groups in total. The van der Waals surface area contributed by atoms with E-state index < -0.39 is 34.8 Å². The summed E-state index contributed by atoms with van der Waals surface area (Å²) in [5.74, 6) is -1.13. The molecule has 3 heterocycles. The Morgan fingerprint density at radius 2 is 2.14 bits per heavy atom. The summed E-state index contributed by atoms with van der Waals surface area (Å²) < 4.78 is 21.3. The van der Waals surface area contributed by atoms with Crippen LogP contribution in [0, 0.1) is 15.9 Å². The van der Waals surface area contributed by atoms with E-state index in [4.69, 9.17) is 4.74 Å². The highest BCUT2D eigenvalue weighted by molar-refractivity contribution is 5.85. The molecule has 0 spiro atoms. The number of halogens is 1. The first kappa shape index (κ1) is 18.0. The lowest BCUT2D eigenvalue weighted by Gasteiger charge is -2.16. The highest BCUT2D eigenvalue weighted by atomic mass is 19.1. The predicted molar refractivity (Wildman–Crippen MR) is 96.6 cm³/mol. The van der Waals surface area contributed by atoms with E-state index in [-0.39, 0.29) is 16.8 Å². The van der Waals surface area contributed by atoms with Crippen molar-refractivity contribution in [2.45, 2.75) is 25.6 Å². The Balaban J connectivity index is 1.93. The minimum atomic E-state index is -1.15. The maximum absolute atomic E-state index is 14.3. The van der Waals surface area contributed by atoms with Crippen molar-refractivity contribution in [1.29, 1.82) is 0 Å². The van der Waals surface area contributed by atoms with Gasteiger partial charge in [-0.25, -0.2) is 4.79 Å². The predicted octanol–water partition coefficient (Wildman–Crippen LogP) is 1.96. The fraction of sp³-hybridized carbons (Fsp3) is 0.278. The molecule has 1 unspecified atom stereocenters. The summed E-state index contributed by atoms with van der Waals surface area (Å²) >= 11 is 0. The van der Waals surface area contributed by atoms with Gasteiger partial charge in [0.05, 0.1) is 28.7 Å². The second-order valence-electron chi connectivity index (χ2n) is 6.42. The van der Waals surface area contributed by atoms with Gasteiger partial charge in [-0.1, -0.05) is 6.07 Å². The number of ether oxygens (including phenoxy) is 1. The van der Waals surface area contributed by atoms with Gasteiger partial charge >= 0.3 is 5.69 Å². The molecule has 144 valence electrons. The quantitative estimate of drug-likeness (QED) is 0.501. The normalized spacial score (nSPS) is 16.5. The molecule has 2 aromatic heterocycles. The van der Waals surface area contributed by atoms with Gasteiger partial charge in [-0.2, -0.15) is 4.39 Å². The van der Waals surface area contributed by atoms with Crippen LogP contribution in [0.2, 0.25) is 0 Å². The standard InChI is InChI=1S/C18H15FN4O5/c19-13-10-21(15-4-2-8-28-15)18(25)22(17(13)24)9-12-14(23(26)27)6-5-11-3-1-7-20-16(11)12/h1,3,5-7,10,15H,2,4,8-9H2. The smallest absolute Gasteiger partial charge is 0.333 e. The fourth-order valence-corrected chi connectivity index (χ4v) is 3.39. The molecule has 1 aliphatic heterocycles. The van der Waals surface area contributed by atoms with Crippen LogP contribution in [0.5, 0.6) is 0 Å². The van der Waals surface area contributed by atoms with Crippen LogP contribution in [0.1, 0.15) is 24.6 Å². The lowest BCUT2D eigenvalue weighted by Crippen LogP contribution is -2.42. The molecule has 3 aromatic rings. The number of nitro groups is 1. The molecule has 0 saturated carbocycles. The molecule has 1 aliphatic rings. The number of nitrogens with zero attached hydrogens (tertiary/aromatic N) is 4. The van der Waals surface area contributed by atoms with E-state index in [1.54, 1.807) is 12.1 Å². The van der Waals surface area contributed by atoms with Gasteiger partial charge in [0.25, 0.3) is 11.2 Å². The number of hydrogen-bond acceptors (Lipinski definition) is 6. The molecule has 4 rings (SSSR count). The van der Waals surface area contributed by atoms with Crippen LogP contribution >= 0.6 is 0 Å². The topological polar surface area (TPSA) is 109 Å². The molecule has 1 aromatic carbocycles. The Labute approximate surface area is 156 Å². The second-order valence-corrected chi connectivity index (χ2v) is 6.42. The van der Waals surface area contributed by atoms with E-state index in [0.29, 0.717) is 29.4 Å². The lowest BCUT2D eigenvalue weighted by atomic mass is 10.1. The highest BCUT2D eigenvalue weighted by Crippen LogP contribution is 2.27. The first-order chi connectivity index (χ1) is 13.5. The molecule has 0 bridgehead atoms. The van der Waals surface area contributed by atoms with Gasteiger partial charge in [-0.05, 0) is 25.0 Å². The minimum Gasteiger partial charge on any atom is -0.358 e. The van der Waals surface area contributed by atoms with Crippen LogP contribution in [-0.4, -0.2) is 25.6 Å². The first-order valence-corrected chi connectivity index (χ1v) is 8.61. The van der Waals surface area contributed by atoms with E-state index in [1.165, 1.54) is 18.3 Å². The number of benzene rings is 1. The monoisotopic (exact) mass is 386 g/mol. The molecule has 1 saturated heterocycles. The third-order valence-electron chi connectivity index (χ3n) is 4.74. The molecule has 1 fully saturated rings. The van der Waals surface area contributed by atoms with Gasteiger partial charge < -0.3 is 4.74 Å². The van der Waals surface area contributed by atoms with Gasteiger partial charge in [0.2, 0.25) is 5.82 Å². The van der Waals surface area contributed by atoms with E-state index in [2.05, 4.69) is 4.98 Å². The summed E-state index contributed by atoms with van der Waals surface area (Å²) in [5.41, 5.74) is -1.91. The van der Waals surface area contributed by atoms with E-state index in [0.717, 1.165) is 10.8 Å². The molecule has 1 atom stereocenters. The van der Waals surface area contributed by atoms with Gasteiger partial charge in [0.1, 0.15) is 6.23 Å². The molecule has 0 aliphatic carbocycles. The summed E-state index contributed by atoms with van der Waals surface area (Å²) in [5, 5.41) is 12.1. The largest absolute Gasteiger partial charge is 0.358 e. The maximum Gasteiger partial charge on any atom is 0.333 e. The Hall–Kier alpha value is -3.40. The Morgan fingerprint density at radius 3 is 2.86 bits per heavy atom. The number of hydrogen-bond donors (Lipinski definition) is 0. The summed E-state index contributed by atoms with van der Waals surface area (Å²) in [6.45, 7) is -0.0522. The SMILES string of the molecule is O=c1c(F)cn(C2CCCO2)c(=O)n1Cc1c([N+](=O)[O-])ccc2cccnc12. The van der Waals surface area contributed by atoms with Crippen LogP contribution in [0.25, 0.3) is 10.9 Å². The molecule has 0 amide bonds. The van der Waals surface area contributed by atoms with Crippen molar-refractivity contribution in [3.8, 4) is 0 Å². The van der Waals surface area contributed by atoms with E-state index in [9.17, 15) is 24.1 Å². The van der Waals surface area contributed by atoms with Crippen LogP contribution in [0.4, 0.5) is 10.1 Å². The Morgan fingerprint density at radius 1 is 1.32 bits per heavy atom. The van der Waals surface area contributed by atoms with Crippen molar-refractivity contribution < 1.29 is 14.1 Å². The van der Waals surface area contributed by atoms with Gasteiger partial charge in [-0.15, -0.1) is 0 Å². The summed E-state index contributed by atoms with van der Waals surface area (Å²) in [6, 6.07) is 6.18. The van der Waals surface area contributed by atoms with Crippen LogP contribution in [0.15, 0.2) is 46.2 Å². The van der Waals surface area contributed by atoms with Crippen molar-refractivity contribution >= 4 is 16.6 Å². The average molecular weight is 386 g/mol. The number of fused-ring (bicyclic) bond motifs is 1. The molecule has 0 radical (unpaired) electrons. The molecule has 10 heteroatoms. The van der Waals surface area contributed by atoms with Crippen molar-refractivity contribution in [1.82, 2.24) is 14.1 Å². The number of rotatable bonds is 4. The summed E-state index contributed by atoms with van der Waals surface area (Å²) in [7, 11) is 0. The van der Waals surface area contributed by atoms with E-state index in [1.807, 2.05) is 0 Å². The zero-order valence-electron chi connectivity index (χ0n) is 14.6. The highest BCUT2D eigenvalue weighted by Gasteiger charge is 2.25. The fourth-order valence-electron chi connectivity index (χ4n) is 3.39. The summed E-state index contributed by atoms with van der Waals surface area (Å²) in [6.07, 6.45) is 2.82. The minimum absolute atomic E-state index is 0.0618. The van der Waals surface area contributed by atoms with Crippen molar-refractivity contribution in [2.75, 3.05) is 6.61 Å². The first-order valence-electron chi connectivity index (χ1n) is 8.61. The molecular formula is C18H15FN4O5. The molecule has 9 nitrogen and oxygen atoms in total. The van der Waals surface area contributed by atoms with Crippen LogP contribution in [-0.2, 0) is 11.3 Å². The number of aromatic nitrogens is 3. The lowest BCUT2D eigenvalue weighted by molar-refractivity contribution is -0.385. The summed E-state index contributed by atoms with van der Waals surface area (Å²) in [4.78, 5) is 40.2. The zero-order valence-corrected chi connectivity index (χ0v) is 14.6. The maximum atomic E-state index is 14.3. The Kier molecular flexibility index (Phi) is 4.47. The Bertz CT molecular complexity index is 1200. The van der Waals surface area contributed by atoms with Crippen LogP contribution < -0.4 is 11.2 Å². The van der Waals surface area contributed by atoms with Gasteiger partial charge in [0, 0.05) is 24.3 Å². The second kappa shape index (κ2) is 6.97. The van der Waals surface area contributed by atoms with Crippen molar-refractivity contribution in [3.63, 3.8) is 0 Å². The zero-order chi connectivity index (χ0) is 19.8. The molecular weight excluding hydrogens is 371 g/mol. The van der Waals surface area contributed by atoms with E-state index >= 15 is 0 Å². The number of nitro benzene ring substituents is 1. The van der Waals surface area contributed by atoms with Crippen molar-refractivity contribution in [3.05, 3.63) is 79.0 Å². The number of pyridine rings is 1. The van der Waals surface area contributed by atoms with Crippen LogP contribution in [0.3, 0.4) is 0 Å². The molecule has 28 heavy (non-hydrogen) atoms. The van der Waals surface area contributed by atoms with Gasteiger partial charge in [-0.3, -0.25) is 29.0 Å². The third kappa shape index (κ3) is 2.97. The van der Waals surface area contributed by atoms with Gasteiger partial charge in [0.15, 0.2) is 0 Å². The third-order valence-corrected chi connectivity index (χ3v) is 4.74. The average Bonchev–Trinajstić information content (AvgIpc) is 3.22. The van der Waals surface area contributed by atoms with Crippen molar-refractivity contribution in [2.24, 2.45) is 0 Å².